The SMILES string of the molecule is C=C1C/C=C/[C@@](O)(C(C)(C)C#N)[C@@H]2CC[C@H]2CN2C[C@@]3(CCCc4cc(Cl)ccc43)COc3ccc(cc32)C(=O)NS(=O)(=O)[C@@H]1C. The number of aryl methyl sites for hydroxylation is 1. The number of nitrogens with zero attached hydrogens (tertiary/aromatic N) is 2. The second-order valence-corrected chi connectivity index (χ2v) is 16.6. The number of benzene rings is 2. The molecule has 1 spiro atoms. The molecule has 2 aliphatic carbocycles. The third-order valence-electron chi connectivity index (χ3n) is 11.0. The van der Waals surface area contributed by atoms with Crippen LogP contribution < -0.4 is 14.4 Å². The monoisotopic (exact) mass is 663 g/mol. The van der Waals surface area contributed by atoms with Gasteiger partial charge in [-0.2, -0.15) is 5.26 Å². The van der Waals surface area contributed by atoms with E-state index in [1.54, 1.807) is 44.2 Å². The fourth-order valence-corrected chi connectivity index (χ4v) is 9.12. The average Bonchev–Trinajstić information content (AvgIpc) is 3.14. The number of nitriles is 1. The number of ether oxygens (including phenoxy) is 1. The maximum absolute atomic E-state index is 13.4. The summed E-state index contributed by atoms with van der Waals surface area (Å²) in [6.45, 7) is 10.6. The fraction of sp³-hybridized carbons (Fsp3) is 0.500. The molecule has 10 heteroatoms. The Balaban J connectivity index is 1.48. The van der Waals surface area contributed by atoms with E-state index in [1.807, 2.05) is 12.1 Å². The summed E-state index contributed by atoms with van der Waals surface area (Å²) >= 11 is 6.41. The summed E-state index contributed by atoms with van der Waals surface area (Å²) in [4.78, 5) is 15.7. The quantitative estimate of drug-likeness (QED) is 0.355. The maximum Gasteiger partial charge on any atom is 0.264 e. The molecule has 2 bridgehead atoms. The van der Waals surface area contributed by atoms with Crippen LogP contribution in [-0.4, -0.2) is 50.0 Å². The molecule has 5 atom stereocenters. The van der Waals surface area contributed by atoms with Crippen LogP contribution >= 0.6 is 11.6 Å². The Morgan fingerprint density at radius 3 is 2.72 bits per heavy atom. The van der Waals surface area contributed by atoms with E-state index in [-0.39, 0.29) is 29.2 Å². The molecule has 0 unspecified atom stereocenters. The van der Waals surface area contributed by atoms with Gasteiger partial charge in [-0.3, -0.25) is 4.79 Å². The van der Waals surface area contributed by atoms with Crippen LogP contribution in [0.15, 0.2) is 60.7 Å². The van der Waals surface area contributed by atoms with Gasteiger partial charge in [0.25, 0.3) is 5.91 Å². The molecule has 2 N–H and O–H groups in total. The number of carbonyl (C=O) groups excluding carboxylic acids is 1. The molecule has 0 saturated heterocycles. The molecule has 4 aliphatic rings. The first-order chi connectivity index (χ1) is 21.7. The molecule has 1 saturated carbocycles. The number of sulfonamides is 1. The van der Waals surface area contributed by atoms with Gasteiger partial charge in [0.05, 0.1) is 29.0 Å². The molecule has 2 heterocycles. The van der Waals surface area contributed by atoms with Crippen molar-refractivity contribution in [3.63, 3.8) is 0 Å². The molecule has 8 nitrogen and oxygen atoms in total. The first-order valence-electron chi connectivity index (χ1n) is 16.1. The summed E-state index contributed by atoms with van der Waals surface area (Å²) in [6, 6.07) is 13.5. The first kappa shape index (κ1) is 32.6. The molecule has 2 aromatic carbocycles. The zero-order chi connectivity index (χ0) is 33.1. The number of halogens is 1. The highest BCUT2D eigenvalue weighted by atomic mass is 35.5. The zero-order valence-corrected chi connectivity index (χ0v) is 28.3. The predicted octanol–water partition coefficient (Wildman–Crippen LogP) is 6.08. The lowest BCUT2D eigenvalue weighted by Crippen LogP contribution is -2.57. The van der Waals surface area contributed by atoms with Crippen LogP contribution in [0.5, 0.6) is 5.75 Å². The van der Waals surface area contributed by atoms with Crippen LogP contribution in [0, 0.1) is 28.6 Å². The Morgan fingerprint density at radius 2 is 2.00 bits per heavy atom. The van der Waals surface area contributed by atoms with E-state index in [0.717, 1.165) is 32.1 Å². The Labute approximate surface area is 277 Å². The number of fused-ring (bicyclic) bond motifs is 4. The number of carbonyl (C=O) groups is 1. The summed E-state index contributed by atoms with van der Waals surface area (Å²) < 4.78 is 35.4. The van der Waals surface area contributed by atoms with Crippen molar-refractivity contribution >= 4 is 33.2 Å². The smallest absolute Gasteiger partial charge is 0.264 e. The molecular formula is C36H42ClN3O5S. The van der Waals surface area contributed by atoms with Gasteiger partial charge in [0.15, 0.2) is 0 Å². The summed E-state index contributed by atoms with van der Waals surface area (Å²) in [5.41, 5.74) is 0.777. The van der Waals surface area contributed by atoms with Gasteiger partial charge in [-0.15, -0.1) is 0 Å². The van der Waals surface area contributed by atoms with Crippen LogP contribution in [0.4, 0.5) is 5.69 Å². The Hall–Kier alpha value is -3.32. The number of nitrogens with one attached hydrogen (secondary N) is 1. The zero-order valence-electron chi connectivity index (χ0n) is 26.7. The lowest BCUT2D eigenvalue weighted by Gasteiger charge is -2.52. The van der Waals surface area contributed by atoms with Gasteiger partial charge in [0.2, 0.25) is 10.0 Å². The van der Waals surface area contributed by atoms with Crippen molar-refractivity contribution in [1.29, 1.82) is 5.26 Å². The van der Waals surface area contributed by atoms with Crippen LogP contribution in [-0.2, 0) is 21.9 Å². The standard InChI is InChI=1S/C36H42ClN3O5S/c1-23-7-5-16-36(42,34(3,4)20-38)30-12-9-27(30)19-40-21-35(15-6-8-25-17-28(37)11-13-29(25)35)22-45-32-14-10-26(18-31(32)40)33(41)39-46(43,44)24(23)2/h5,10-11,13-14,16-18,24,27,30,42H,1,6-9,12,15,19,21-22H2,2-4H3,(H,39,41)/b16-5+/t24-,27+,30-,35+,36+/m1/s1. The minimum absolute atomic E-state index is 0.0476. The highest BCUT2D eigenvalue weighted by Crippen LogP contribution is 2.52. The van der Waals surface area contributed by atoms with Crippen molar-refractivity contribution in [2.45, 2.75) is 75.6 Å². The number of aliphatic hydroxyl groups is 1. The van der Waals surface area contributed by atoms with Gasteiger partial charge in [-0.25, -0.2) is 13.1 Å². The van der Waals surface area contributed by atoms with Crippen LogP contribution in [0.1, 0.15) is 74.4 Å². The van der Waals surface area contributed by atoms with E-state index in [9.17, 15) is 23.6 Å². The Bertz CT molecular complexity index is 1760. The van der Waals surface area contributed by atoms with Gasteiger partial charge < -0.3 is 14.7 Å². The second-order valence-electron chi connectivity index (χ2n) is 14.2. The van der Waals surface area contributed by atoms with E-state index < -0.39 is 32.2 Å². The molecule has 1 fully saturated rings. The van der Waals surface area contributed by atoms with Gasteiger partial charge >= 0.3 is 0 Å². The van der Waals surface area contributed by atoms with E-state index in [0.29, 0.717) is 41.7 Å². The van der Waals surface area contributed by atoms with Crippen molar-refractivity contribution in [3.05, 3.63) is 82.4 Å². The lowest BCUT2D eigenvalue weighted by atomic mass is 9.56. The summed E-state index contributed by atoms with van der Waals surface area (Å²) in [6.07, 6.45) is 8.00. The second kappa shape index (κ2) is 11.7. The molecule has 2 aliphatic heterocycles. The van der Waals surface area contributed by atoms with E-state index in [2.05, 4.69) is 28.3 Å². The molecule has 244 valence electrons. The molecule has 6 rings (SSSR count). The van der Waals surface area contributed by atoms with Gasteiger partial charge in [-0.1, -0.05) is 42.0 Å². The van der Waals surface area contributed by atoms with Crippen molar-refractivity contribution < 1.29 is 23.1 Å². The third-order valence-corrected chi connectivity index (χ3v) is 13.0. The number of hydrogen-bond acceptors (Lipinski definition) is 7. The molecule has 46 heavy (non-hydrogen) atoms. The van der Waals surface area contributed by atoms with Gasteiger partial charge in [0, 0.05) is 29.1 Å². The minimum Gasteiger partial charge on any atom is -0.490 e. The number of rotatable bonds is 1. The topological polar surface area (TPSA) is 120 Å². The largest absolute Gasteiger partial charge is 0.490 e. The maximum atomic E-state index is 13.4. The summed E-state index contributed by atoms with van der Waals surface area (Å²) in [5, 5.41) is 22.2. The highest BCUT2D eigenvalue weighted by molar-refractivity contribution is 7.90. The number of allylic oxidation sites excluding steroid dienone is 1. The highest BCUT2D eigenvalue weighted by Gasteiger charge is 2.54. The predicted molar refractivity (Wildman–Crippen MR) is 180 cm³/mol. The van der Waals surface area contributed by atoms with Crippen LogP contribution in [0.2, 0.25) is 5.02 Å². The summed E-state index contributed by atoms with van der Waals surface area (Å²) in [5.74, 6) is -0.267. The summed E-state index contributed by atoms with van der Waals surface area (Å²) in [7, 11) is -4.11. The number of hydrogen-bond donors (Lipinski definition) is 2. The van der Waals surface area contributed by atoms with Crippen molar-refractivity contribution in [1.82, 2.24) is 4.72 Å². The fourth-order valence-electron chi connectivity index (χ4n) is 7.84. The molecule has 1 amide bonds. The van der Waals surface area contributed by atoms with Crippen molar-refractivity contribution in [3.8, 4) is 11.8 Å². The van der Waals surface area contributed by atoms with E-state index >= 15 is 0 Å². The van der Waals surface area contributed by atoms with Gasteiger partial charge in [-0.05, 0) is 113 Å². The number of anilines is 1. The normalized spacial score (nSPS) is 31.7. The Morgan fingerprint density at radius 1 is 1.22 bits per heavy atom. The average molecular weight is 664 g/mol. The molecule has 2 aromatic rings. The molecular weight excluding hydrogens is 622 g/mol. The number of amides is 1. The first-order valence-corrected chi connectivity index (χ1v) is 18.0. The lowest BCUT2D eigenvalue weighted by molar-refractivity contribution is -0.0994. The third kappa shape index (κ3) is 5.52. The van der Waals surface area contributed by atoms with Crippen molar-refractivity contribution in [2.24, 2.45) is 17.3 Å². The van der Waals surface area contributed by atoms with Crippen LogP contribution in [0.25, 0.3) is 0 Å². The molecule has 0 radical (unpaired) electrons. The van der Waals surface area contributed by atoms with E-state index in [4.69, 9.17) is 16.3 Å². The van der Waals surface area contributed by atoms with E-state index in [1.165, 1.54) is 18.1 Å². The Kier molecular flexibility index (Phi) is 8.32. The van der Waals surface area contributed by atoms with Crippen molar-refractivity contribution in [2.75, 3.05) is 24.6 Å². The van der Waals surface area contributed by atoms with Gasteiger partial charge in [0.1, 0.15) is 11.4 Å². The van der Waals surface area contributed by atoms with Crippen LogP contribution in [0.3, 0.4) is 0 Å². The minimum atomic E-state index is -4.11. The molecule has 0 aromatic heterocycles.